The number of rotatable bonds is 6. The van der Waals surface area contributed by atoms with Crippen molar-refractivity contribution in [2.45, 2.75) is 44.9 Å². The first-order valence-corrected chi connectivity index (χ1v) is 8.67. The molecule has 2 atom stereocenters. The third-order valence-corrected chi connectivity index (χ3v) is 4.69. The molecule has 0 amide bonds. The smallest absolute Gasteiger partial charge is 0.0895 e. The van der Waals surface area contributed by atoms with Crippen LogP contribution in [-0.2, 0) is 16.9 Å². The van der Waals surface area contributed by atoms with Crippen LogP contribution in [0.25, 0.3) is 0 Å². The Labute approximate surface area is 143 Å². The fourth-order valence-electron chi connectivity index (χ4n) is 3.27. The summed E-state index contributed by atoms with van der Waals surface area (Å²) in [6.45, 7) is 6.17. The minimum atomic E-state index is -0.788. The Kier molecular flexibility index (Phi) is 5.33. The van der Waals surface area contributed by atoms with Crippen molar-refractivity contribution in [3.05, 3.63) is 53.3 Å². The van der Waals surface area contributed by atoms with Gasteiger partial charge in [0, 0.05) is 37.4 Å². The zero-order valence-electron chi connectivity index (χ0n) is 14.5. The van der Waals surface area contributed by atoms with E-state index in [0.29, 0.717) is 5.92 Å². The van der Waals surface area contributed by atoms with Crippen LogP contribution in [0.3, 0.4) is 0 Å². The first kappa shape index (κ1) is 17.1. The van der Waals surface area contributed by atoms with Gasteiger partial charge < -0.3 is 15.2 Å². The van der Waals surface area contributed by atoms with Crippen LogP contribution in [0.2, 0.25) is 0 Å². The summed E-state index contributed by atoms with van der Waals surface area (Å²) in [6, 6.07) is 8.14. The topological polar surface area (TPSA) is 70.2 Å². The maximum Gasteiger partial charge on any atom is 0.0895 e. The number of hydrogen-bond acceptors (Lipinski definition) is 4. The predicted molar refractivity (Wildman–Crippen MR) is 93.4 cm³/mol. The van der Waals surface area contributed by atoms with Crippen LogP contribution >= 0.6 is 0 Å². The van der Waals surface area contributed by atoms with Gasteiger partial charge in [-0.2, -0.15) is 5.10 Å². The molecule has 0 unspecified atom stereocenters. The average molecular weight is 329 g/mol. The normalized spacial score (nSPS) is 21.8. The average Bonchev–Trinajstić information content (AvgIpc) is 3.09. The van der Waals surface area contributed by atoms with Crippen molar-refractivity contribution in [1.29, 1.82) is 0 Å². The van der Waals surface area contributed by atoms with Gasteiger partial charge >= 0.3 is 0 Å². The number of benzene rings is 1. The van der Waals surface area contributed by atoms with Crippen LogP contribution in [0.5, 0.6) is 0 Å². The summed E-state index contributed by atoms with van der Waals surface area (Å²) in [5, 5.41) is 20.5. The van der Waals surface area contributed by atoms with Gasteiger partial charge in [-0.3, -0.25) is 5.10 Å². The van der Waals surface area contributed by atoms with E-state index < -0.39 is 5.60 Å². The molecule has 1 aliphatic heterocycles. The van der Waals surface area contributed by atoms with Gasteiger partial charge in [0.25, 0.3) is 0 Å². The largest absolute Gasteiger partial charge is 0.386 e. The van der Waals surface area contributed by atoms with E-state index in [1.165, 1.54) is 12.0 Å². The summed E-state index contributed by atoms with van der Waals surface area (Å²) in [5.74, 6) is 0.465. The number of nitrogens with zero attached hydrogens (tertiary/aromatic N) is 1. The molecule has 3 N–H and O–H groups in total. The summed E-state index contributed by atoms with van der Waals surface area (Å²) in [4.78, 5) is 0. The maximum atomic E-state index is 10.0. The molecule has 0 aliphatic carbocycles. The SMILES string of the molecule is CC(C)(O)c1ccc(CNC[C@@H]2CCCO[C@H]2c2cn[nH]c2)cc1. The Hall–Kier alpha value is -1.69. The van der Waals surface area contributed by atoms with E-state index in [1.54, 1.807) is 13.8 Å². The molecule has 1 aromatic carbocycles. The van der Waals surface area contributed by atoms with Crippen molar-refractivity contribution < 1.29 is 9.84 Å². The molecule has 0 radical (unpaired) electrons. The monoisotopic (exact) mass is 329 g/mol. The third-order valence-electron chi connectivity index (χ3n) is 4.69. The summed E-state index contributed by atoms with van der Waals surface area (Å²) in [6.07, 6.45) is 6.19. The van der Waals surface area contributed by atoms with Crippen molar-refractivity contribution in [1.82, 2.24) is 15.5 Å². The molecule has 1 fully saturated rings. The number of aromatic nitrogens is 2. The number of aromatic amines is 1. The van der Waals surface area contributed by atoms with Crippen molar-refractivity contribution in [3.63, 3.8) is 0 Å². The van der Waals surface area contributed by atoms with Gasteiger partial charge in [-0.15, -0.1) is 0 Å². The molecule has 1 aromatic heterocycles. The van der Waals surface area contributed by atoms with Gasteiger partial charge in [0.05, 0.1) is 17.9 Å². The maximum absolute atomic E-state index is 10.0. The number of aliphatic hydroxyl groups is 1. The fraction of sp³-hybridized carbons (Fsp3) is 0.526. The van der Waals surface area contributed by atoms with E-state index in [4.69, 9.17) is 4.74 Å². The van der Waals surface area contributed by atoms with E-state index in [2.05, 4.69) is 27.6 Å². The zero-order valence-corrected chi connectivity index (χ0v) is 14.5. The van der Waals surface area contributed by atoms with Crippen LogP contribution in [0, 0.1) is 5.92 Å². The number of ether oxygens (including phenoxy) is 1. The fourth-order valence-corrected chi connectivity index (χ4v) is 3.27. The van der Waals surface area contributed by atoms with Crippen LogP contribution in [0.15, 0.2) is 36.7 Å². The van der Waals surface area contributed by atoms with Crippen LogP contribution < -0.4 is 5.32 Å². The molecule has 1 saturated heterocycles. The molecule has 24 heavy (non-hydrogen) atoms. The molecule has 3 rings (SSSR count). The van der Waals surface area contributed by atoms with Crippen molar-refractivity contribution in [2.24, 2.45) is 5.92 Å². The highest BCUT2D eigenvalue weighted by Crippen LogP contribution is 2.32. The lowest BCUT2D eigenvalue weighted by molar-refractivity contribution is -0.0278. The number of hydrogen-bond donors (Lipinski definition) is 3. The molecule has 2 heterocycles. The second-order valence-electron chi connectivity index (χ2n) is 7.11. The van der Waals surface area contributed by atoms with Gasteiger partial charge in [0.2, 0.25) is 0 Å². The van der Waals surface area contributed by atoms with Gasteiger partial charge in [0.15, 0.2) is 0 Å². The summed E-state index contributed by atoms with van der Waals surface area (Å²) < 4.78 is 5.96. The van der Waals surface area contributed by atoms with Crippen molar-refractivity contribution >= 4 is 0 Å². The summed E-state index contributed by atoms with van der Waals surface area (Å²) in [7, 11) is 0. The van der Waals surface area contributed by atoms with Gasteiger partial charge in [-0.25, -0.2) is 0 Å². The van der Waals surface area contributed by atoms with E-state index in [9.17, 15) is 5.11 Å². The van der Waals surface area contributed by atoms with Gasteiger partial charge in [0.1, 0.15) is 0 Å². The summed E-state index contributed by atoms with van der Waals surface area (Å²) >= 11 is 0. The van der Waals surface area contributed by atoms with Crippen LogP contribution in [-0.4, -0.2) is 28.5 Å². The van der Waals surface area contributed by atoms with E-state index in [-0.39, 0.29) is 6.10 Å². The molecule has 1 aliphatic rings. The third kappa shape index (κ3) is 4.23. The van der Waals surface area contributed by atoms with Gasteiger partial charge in [-0.05, 0) is 37.8 Å². The van der Waals surface area contributed by atoms with Crippen LogP contribution in [0.1, 0.15) is 49.5 Å². The second kappa shape index (κ2) is 7.47. The molecule has 5 nitrogen and oxygen atoms in total. The highest BCUT2D eigenvalue weighted by atomic mass is 16.5. The minimum Gasteiger partial charge on any atom is -0.386 e. The molecular weight excluding hydrogens is 302 g/mol. The van der Waals surface area contributed by atoms with E-state index in [1.807, 2.05) is 24.5 Å². The Balaban J connectivity index is 1.53. The predicted octanol–water partition coefficient (Wildman–Crippen LogP) is 2.89. The molecule has 0 bridgehead atoms. The Morgan fingerprint density at radius 2 is 2.12 bits per heavy atom. The quantitative estimate of drug-likeness (QED) is 0.762. The highest BCUT2D eigenvalue weighted by Gasteiger charge is 2.27. The number of H-pyrrole nitrogens is 1. The molecular formula is C19H27N3O2. The minimum absolute atomic E-state index is 0.127. The number of nitrogens with one attached hydrogen (secondary N) is 2. The summed E-state index contributed by atoms with van der Waals surface area (Å²) in [5.41, 5.74) is 2.51. The second-order valence-corrected chi connectivity index (χ2v) is 7.11. The molecule has 5 heteroatoms. The molecule has 0 saturated carbocycles. The lowest BCUT2D eigenvalue weighted by Gasteiger charge is -2.31. The standard InChI is InChI=1S/C19H27N3O2/c1-19(2,23)17-7-5-14(6-8-17)10-20-11-15-4-3-9-24-18(15)16-12-21-22-13-16/h5-8,12-13,15,18,20,23H,3-4,9-11H2,1-2H3,(H,21,22)/t15-,18+/m0/s1. The highest BCUT2D eigenvalue weighted by molar-refractivity contribution is 5.26. The Bertz CT molecular complexity index is 617. The van der Waals surface area contributed by atoms with E-state index in [0.717, 1.165) is 37.2 Å². The van der Waals surface area contributed by atoms with Crippen LogP contribution in [0.4, 0.5) is 0 Å². The molecule has 2 aromatic rings. The van der Waals surface area contributed by atoms with E-state index >= 15 is 0 Å². The molecule has 130 valence electrons. The lowest BCUT2D eigenvalue weighted by atomic mass is 9.91. The first-order valence-electron chi connectivity index (χ1n) is 8.67. The van der Waals surface area contributed by atoms with Crippen molar-refractivity contribution in [2.75, 3.05) is 13.2 Å². The lowest BCUT2D eigenvalue weighted by Crippen LogP contribution is -2.31. The Morgan fingerprint density at radius 1 is 1.33 bits per heavy atom. The Morgan fingerprint density at radius 3 is 2.79 bits per heavy atom. The van der Waals surface area contributed by atoms with Crippen molar-refractivity contribution in [3.8, 4) is 0 Å². The van der Waals surface area contributed by atoms with Gasteiger partial charge in [-0.1, -0.05) is 24.3 Å². The zero-order chi connectivity index (χ0) is 17.0. The molecule has 0 spiro atoms. The first-order chi connectivity index (χ1) is 11.5.